The van der Waals surface area contributed by atoms with Crippen LogP contribution in [0.5, 0.6) is 0 Å². The van der Waals surface area contributed by atoms with E-state index < -0.39 is 0 Å². The fourth-order valence-corrected chi connectivity index (χ4v) is 1.32. The van der Waals surface area contributed by atoms with Crippen LogP contribution in [0.1, 0.15) is 0 Å². The highest BCUT2D eigenvalue weighted by Crippen LogP contribution is 2.06. The minimum Gasteiger partial charge on any atom is -0.414 e. The summed E-state index contributed by atoms with van der Waals surface area (Å²) in [6, 6.07) is 9.27. The van der Waals surface area contributed by atoms with Crippen molar-refractivity contribution in [1.29, 1.82) is 0 Å². The molecule has 0 N–H and O–H groups in total. The Balaban J connectivity index is 2.87. The minimum absolute atomic E-state index is 0.124. The number of hydrogen-bond acceptors (Lipinski definition) is 2. The van der Waals surface area contributed by atoms with Gasteiger partial charge in [-0.2, -0.15) is 4.73 Å². The molecule has 0 amide bonds. The number of pyridine rings is 1. The molecule has 1 aromatic heterocycles. The molecule has 0 bridgehead atoms. The molecule has 2 rings (SSSR count). The zero-order valence-corrected chi connectivity index (χ0v) is 7.23. The third kappa shape index (κ3) is 1.18. The van der Waals surface area contributed by atoms with E-state index in [1.54, 1.807) is 12.3 Å². The maximum atomic E-state index is 11.6. The van der Waals surface area contributed by atoms with Crippen LogP contribution in [0.25, 0.3) is 10.8 Å². The SMILES string of the molecule is COn1ccc2ccccc2c1=O. The second kappa shape index (κ2) is 2.94. The highest BCUT2D eigenvalue weighted by molar-refractivity contribution is 5.80. The molecule has 1 heterocycles. The molecule has 3 heteroatoms. The van der Waals surface area contributed by atoms with Crippen molar-refractivity contribution in [3.63, 3.8) is 0 Å². The van der Waals surface area contributed by atoms with Crippen molar-refractivity contribution in [2.45, 2.75) is 0 Å². The van der Waals surface area contributed by atoms with Gasteiger partial charge in [0.25, 0.3) is 5.56 Å². The smallest absolute Gasteiger partial charge is 0.290 e. The molecule has 2 aromatic rings. The van der Waals surface area contributed by atoms with Gasteiger partial charge in [-0.3, -0.25) is 4.79 Å². The van der Waals surface area contributed by atoms with E-state index in [2.05, 4.69) is 0 Å². The Kier molecular flexibility index (Phi) is 1.77. The van der Waals surface area contributed by atoms with Crippen LogP contribution in [-0.2, 0) is 0 Å². The first kappa shape index (κ1) is 7.86. The van der Waals surface area contributed by atoms with Crippen LogP contribution in [0.2, 0.25) is 0 Å². The average Bonchev–Trinajstić information content (AvgIpc) is 2.19. The Morgan fingerprint density at radius 2 is 2.00 bits per heavy atom. The molecule has 0 saturated carbocycles. The fraction of sp³-hybridized carbons (Fsp3) is 0.100. The van der Waals surface area contributed by atoms with E-state index in [1.165, 1.54) is 11.8 Å². The topological polar surface area (TPSA) is 31.2 Å². The van der Waals surface area contributed by atoms with Gasteiger partial charge in [0.2, 0.25) is 0 Å². The number of hydrogen-bond donors (Lipinski definition) is 0. The molecule has 13 heavy (non-hydrogen) atoms. The third-order valence-corrected chi connectivity index (χ3v) is 1.98. The molecule has 0 atom stereocenters. The Morgan fingerprint density at radius 1 is 1.23 bits per heavy atom. The van der Waals surface area contributed by atoms with E-state index in [1.807, 2.05) is 24.3 Å². The first-order chi connectivity index (χ1) is 6.33. The molecule has 0 unspecified atom stereocenters. The van der Waals surface area contributed by atoms with Crippen molar-refractivity contribution >= 4 is 10.8 Å². The summed E-state index contributed by atoms with van der Waals surface area (Å²) in [5, 5.41) is 1.60. The van der Waals surface area contributed by atoms with Gasteiger partial charge in [-0.25, -0.2) is 0 Å². The van der Waals surface area contributed by atoms with Crippen LogP contribution in [-0.4, -0.2) is 11.8 Å². The molecule has 0 fully saturated rings. The predicted octanol–water partition coefficient (Wildman–Crippen LogP) is 1.06. The lowest BCUT2D eigenvalue weighted by Gasteiger charge is -2.03. The number of fused-ring (bicyclic) bond motifs is 1. The van der Waals surface area contributed by atoms with E-state index >= 15 is 0 Å². The van der Waals surface area contributed by atoms with Crippen molar-refractivity contribution in [3.05, 3.63) is 46.9 Å². The molecule has 0 aliphatic heterocycles. The van der Waals surface area contributed by atoms with Gasteiger partial charge in [-0.15, -0.1) is 0 Å². The summed E-state index contributed by atoms with van der Waals surface area (Å²) in [6.45, 7) is 0. The maximum absolute atomic E-state index is 11.6. The highest BCUT2D eigenvalue weighted by atomic mass is 16.6. The molecule has 0 saturated heterocycles. The lowest BCUT2D eigenvalue weighted by molar-refractivity contribution is 0.158. The van der Waals surface area contributed by atoms with Crippen molar-refractivity contribution in [3.8, 4) is 0 Å². The largest absolute Gasteiger partial charge is 0.414 e. The molecule has 0 radical (unpaired) electrons. The predicted molar refractivity (Wildman–Crippen MR) is 50.7 cm³/mol. The van der Waals surface area contributed by atoms with E-state index in [0.29, 0.717) is 5.39 Å². The zero-order valence-electron chi connectivity index (χ0n) is 7.23. The summed E-state index contributed by atoms with van der Waals surface area (Å²) in [5.74, 6) is 0. The van der Waals surface area contributed by atoms with Gasteiger partial charge in [-0.05, 0) is 17.5 Å². The number of benzene rings is 1. The van der Waals surface area contributed by atoms with Gasteiger partial charge < -0.3 is 4.84 Å². The lowest BCUT2D eigenvalue weighted by Crippen LogP contribution is -2.23. The molecule has 0 aliphatic carbocycles. The van der Waals surface area contributed by atoms with E-state index in [4.69, 9.17) is 4.84 Å². The lowest BCUT2D eigenvalue weighted by atomic mass is 10.2. The van der Waals surface area contributed by atoms with Crippen molar-refractivity contribution < 1.29 is 4.84 Å². The van der Waals surface area contributed by atoms with Crippen LogP contribution >= 0.6 is 0 Å². The number of nitrogens with zero attached hydrogens (tertiary/aromatic N) is 1. The molecule has 0 spiro atoms. The standard InChI is InChI=1S/C10H9NO2/c1-13-11-7-6-8-4-2-3-5-9(8)10(11)12/h2-7H,1H3. The third-order valence-electron chi connectivity index (χ3n) is 1.98. The Labute approximate surface area is 75.1 Å². The highest BCUT2D eigenvalue weighted by Gasteiger charge is 1.99. The molecule has 66 valence electrons. The summed E-state index contributed by atoms with van der Waals surface area (Å²) < 4.78 is 1.21. The van der Waals surface area contributed by atoms with Crippen LogP contribution in [0.4, 0.5) is 0 Å². The van der Waals surface area contributed by atoms with Gasteiger partial charge in [0.15, 0.2) is 0 Å². The quantitative estimate of drug-likeness (QED) is 0.649. The summed E-state index contributed by atoms with van der Waals surface area (Å²) in [5.41, 5.74) is -0.124. The second-order valence-electron chi connectivity index (χ2n) is 2.72. The van der Waals surface area contributed by atoms with Gasteiger partial charge in [0.05, 0.1) is 5.39 Å². The fourth-order valence-electron chi connectivity index (χ4n) is 1.32. The second-order valence-corrected chi connectivity index (χ2v) is 2.72. The Bertz CT molecular complexity index is 487. The molecule has 3 nitrogen and oxygen atoms in total. The van der Waals surface area contributed by atoms with E-state index in [-0.39, 0.29) is 5.56 Å². The van der Waals surface area contributed by atoms with Gasteiger partial charge >= 0.3 is 0 Å². The monoisotopic (exact) mass is 175 g/mol. The Morgan fingerprint density at radius 3 is 2.77 bits per heavy atom. The molecular weight excluding hydrogens is 166 g/mol. The first-order valence-electron chi connectivity index (χ1n) is 3.98. The molecular formula is C10H9NO2. The van der Waals surface area contributed by atoms with Crippen LogP contribution in [0.3, 0.4) is 0 Å². The van der Waals surface area contributed by atoms with Crippen LogP contribution in [0.15, 0.2) is 41.3 Å². The number of aromatic nitrogens is 1. The van der Waals surface area contributed by atoms with Gasteiger partial charge in [0.1, 0.15) is 7.11 Å². The van der Waals surface area contributed by atoms with Crippen LogP contribution in [0, 0.1) is 0 Å². The maximum Gasteiger partial charge on any atom is 0.290 e. The first-order valence-corrected chi connectivity index (χ1v) is 3.98. The average molecular weight is 175 g/mol. The van der Waals surface area contributed by atoms with E-state index in [9.17, 15) is 4.79 Å². The molecule has 0 aliphatic rings. The zero-order chi connectivity index (χ0) is 9.26. The summed E-state index contributed by atoms with van der Waals surface area (Å²) >= 11 is 0. The number of rotatable bonds is 1. The van der Waals surface area contributed by atoms with Gasteiger partial charge in [0, 0.05) is 6.20 Å². The summed E-state index contributed by atoms with van der Waals surface area (Å²) in [6.07, 6.45) is 1.62. The molecule has 1 aromatic carbocycles. The normalized spacial score (nSPS) is 10.2. The Hall–Kier alpha value is -1.77. The summed E-state index contributed by atoms with van der Waals surface area (Å²) in [7, 11) is 1.47. The summed E-state index contributed by atoms with van der Waals surface area (Å²) in [4.78, 5) is 16.5. The van der Waals surface area contributed by atoms with Gasteiger partial charge in [-0.1, -0.05) is 18.2 Å². The van der Waals surface area contributed by atoms with Crippen molar-refractivity contribution in [1.82, 2.24) is 4.73 Å². The van der Waals surface area contributed by atoms with Crippen LogP contribution < -0.4 is 10.4 Å². The van der Waals surface area contributed by atoms with Crippen molar-refractivity contribution in [2.75, 3.05) is 7.11 Å². The van der Waals surface area contributed by atoms with Crippen molar-refractivity contribution in [2.24, 2.45) is 0 Å². The minimum atomic E-state index is -0.124. The van der Waals surface area contributed by atoms with E-state index in [0.717, 1.165) is 5.39 Å².